The number of benzene rings is 2. The second kappa shape index (κ2) is 9.22. The summed E-state index contributed by atoms with van der Waals surface area (Å²) in [7, 11) is 1.65. The zero-order valence-corrected chi connectivity index (χ0v) is 16.4. The summed E-state index contributed by atoms with van der Waals surface area (Å²) in [5, 5.41) is 3.92. The molecule has 28 heavy (non-hydrogen) atoms. The van der Waals surface area contributed by atoms with Gasteiger partial charge in [0.2, 0.25) is 5.91 Å². The molecule has 1 aromatic heterocycles. The van der Waals surface area contributed by atoms with Gasteiger partial charge in [-0.2, -0.15) is 0 Å². The molecule has 0 aliphatic rings. The predicted octanol–water partition coefficient (Wildman–Crippen LogP) is 3.53. The van der Waals surface area contributed by atoms with Gasteiger partial charge in [0.15, 0.2) is 0 Å². The number of fused-ring (bicyclic) bond motifs is 1. The van der Waals surface area contributed by atoms with E-state index in [1.54, 1.807) is 7.11 Å². The molecule has 0 saturated carbocycles. The van der Waals surface area contributed by atoms with Crippen molar-refractivity contribution in [2.45, 2.75) is 32.6 Å². The molecule has 3 rings (SSSR count). The average Bonchev–Trinajstić information content (AvgIpc) is 2.70. The summed E-state index contributed by atoms with van der Waals surface area (Å²) in [4.78, 5) is 27.2. The highest BCUT2D eigenvalue weighted by Crippen LogP contribution is 2.14. The van der Waals surface area contributed by atoms with E-state index in [4.69, 9.17) is 4.74 Å². The molecule has 1 amide bonds. The monoisotopic (exact) mass is 378 g/mol. The van der Waals surface area contributed by atoms with Gasteiger partial charge in [0.25, 0.3) is 5.56 Å². The lowest BCUT2D eigenvalue weighted by Crippen LogP contribution is -2.26. The molecular formula is C23H26N2O3. The number of amides is 1. The van der Waals surface area contributed by atoms with Crippen LogP contribution in [0.2, 0.25) is 0 Å². The first-order valence-electron chi connectivity index (χ1n) is 9.57. The van der Waals surface area contributed by atoms with Crippen LogP contribution in [0.25, 0.3) is 10.9 Å². The highest BCUT2D eigenvalue weighted by molar-refractivity contribution is 5.80. The van der Waals surface area contributed by atoms with Crippen LogP contribution in [-0.4, -0.2) is 24.5 Å². The highest BCUT2D eigenvalue weighted by atomic mass is 16.5. The third-order valence-electron chi connectivity index (χ3n) is 4.82. The van der Waals surface area contributed by atoms with Crippen LogP contribution in [0.4, 0.5) is 0 Å². The van der Waals surface area contributed by atoms with Crippen LogP contribution < -0.4 is 15.6 Å². The smallest absolute Gasteiger partial charge is 0.251 e. The van der Waals surface area contributed by atoms with E-state index >= 15 is 0 Å². The van der Waals surface area contributed by atoms with Gasteiger partial charge in [-0.3, -0.25) is 9.59 Å². The largest absolute Gasteiger partial charge is 0.497 e. The van der Waals surface area contributed by atoms with Gasteiger partial charge in [-0.25, -0.2) is 0 Å². The van der Waals surface area contributed by atoms with Gasteiger partial charge in [-0.15, -0.1) is 0 Å². The van der Waals surface area contributed by atoms with Gasteiger partial charge in [0, 0.05) is 24.0 Å². The number of carbonyl (C=O) groups excluding carboxylic acids is 1. The molecule has 0 saturated heterocycles. The van der Waals surface area contributed by atoms with Crippen LogP contribution in [0.3, 0.4) is 0 Å². The van der Waals surface area contributed by atoms with E-state index in [1.807, 2.05) is 55.5 Å². The van der Waals surface area contributed by atoms with Crippen LogP contribution in [0.5, 0.6) is 5.75 Å². The molecule has 3 aromatic rings. The van der Waals surface area contributed by atoms with Crippen LogP contribution in [0.1, 0.15) is 29.5 Å². The van der Waals surface area contributed by atoms with Crippen molar-refractivity contribution in [3.63, 3.8) is 0 Å². The second-order valence-electron chi connectivity index (χ2n) is 7.02. The molecular weight excluding hydrogens is 352 g/mol. The molecule has 0 bridgehead atoms. The minimum Gasteiger partial charge on any atom is -0.497 e. The molecule has 0 radical (unpaired) electrons. The van der Waals surface area contributed by atoms with Crippen LogP contribution >= 0.6 is 0 Å². The number of aromatic amines is 1. The molecule has 0 unspecified atom stereocenters. The molecule has 2 N–H and O–H groups in total. The fraction of sp³-hybridized carbons (Fsp3) is 0.304. The van der Waals surface area contributed by atoms with E-state index in [-0.39, 0.29) is 11.5 Å². The summed E-state index contributed by atoms with van der Waals surface area (Å²) >= 11 is 0. The van der Waals surface area contributed by atoms with E-state index in [0.29, 0.717) is 24.9 Å². The molecule has 2 aromatic carbocycles. The maximum Gasteiger partial charge on any atom is 0.251 e. The van der Waals surface area contributed by atoms with Crippen molar-refractivity contribution in [1.82, 2.24) is 10.3 Å². The number of nitrogens with one attached hydrogen (secondary N) is 2. The van der Waals surface area contributed by atoms with Crippen LogP contribution in [0, 0.1) is 6.92 Å². The number of aryl methyl sites for hydroxylation is 3. The zero-order chi connectivity index (χ0) is 19.9. The third-order valence-corrected chi connectivity index (χ3v) is 4.82. The Balaban J connectivity index is 1.45. The molecule has 1 heterocycles. The molecule has 5 heteroatoms. The summed E-state index contributed by atoms with van der Waals surface area (Å²) in [5.74, 6) is 0.814. The maximum atomic E-state index is 12.2. The Hall–Kier alpha value is -3.08. The molecule has 0 atom stereocenters. The molecule has 146 valence electrons. The summed E-state index contributed by atoms with van der Waals surface area (Å²) in [6, 6.07) is 15.8. The first-order valence-corrected chi connectivity index (χ1v) is 9.57. The molecule has 0 fully saturated rings. The van der Waals surface area contributed by atoms with Crippen molar-refractivity contribution in [2.75, 3.05) is 13.7 Å². The first kappa shape index (κ1) is 19.7. The van der Waals surface area contributed by atoms with Crippen molar-refractivity contribution >= 4 is 16.8 Å². The Morgan fingerprint density at radius 1 is 1.07 bits per heavy atom. The van der Waals surface area contributed by atoms with Crippen molar-refractivity contribution in [1.29, 1.82) is 0 Å². The number of carbonyl (C=O) groups is 1. The number of methoxy groups -OCH3 is 1. The number of rotatable bonds is 8. The fourth-order valence-electron chi connectivity index (χ4n) is 3.19. The quantitative estimate of drug-likeness (QED) is 0.589. The Kier molecular flexibility index (Phi) is 6.48. The van der Waals surface area contributed by atoms with Crippen molar-refractivity contribution < 1.29 is 9.53 Å². The summed E-state index contributed by atoms with van der Waals surface area (Å²) < 4.78 is 5.15. The number of hydrogen-bond acceptors (Lipinski definition) is 3. The van der Waals surface area contributed by atoms with E-state index in [0.717, 1.165) is 35.1 Å². The summed E-state index contributed by atoms with van der Waals surface area (Å²) in [6.45, 7) is 2.61. The Morgan fingerprint density at radius 3 is 2.61 bits per heavy atom. The molecule has 0 aliphatic heterocycles. The van der Waals surface area contributed by atoms with E-state index in [9.17, 15) is 9.59 Å². The fourth-order valence-corrected chi connectivity index (χ4v) is 3.19. The van der Waals surface area contributed by atoms with Crippen LogP contribution in [-0.2, 0) is 17.6 Å². The number of hydrogen-bond donors (Lipinski definition) is 2. The number of aromatic nitrogens is 1. The zero-order valence-electron chi connectivity index (χ0n) is 16.4. The number of H-pyrrole nitrogens is 1. The van der Waals surface area contributed by atoms with E-state index in [1.165, 1.54) is 5.56 Å². The standard InChI is InChI=1S/C23H26N2O3/c1-16-5-8-18-15-19(23(27)25-21(18)14-16)9-12-22(26)24-13-3-4-17-6-10-20(28-2)11-7-17/h5-8,10-11,14-15H,3-4,9,12-13H2,1-2H3,(H,24,26)(H,25,27). The minimum absolute atomic E-state index is 0.0295. The SMILES string of the molecule is COc1ccc(CCCNC(=O)CCc2cc3ccc(C)cc3[nH]c2=O)cc1. The third kappa shape index (κ3) is 5.22. The van der Waals surface area contributed by atoms with Crippen LogP contribution in [0.15, 0.2) is 53.3 Å². The predicted molar refractivity (Wildman–Crippen MR) is 112 cm³/mol. The van der Waals surface area contributed by atoms with Gasteiger partial charge >= 0.3 is 0 Å². The second-order valence-corrected chi connectivity index (χ2v) is 7.02. The lowest BCUT2D eigenvalue weighted by atomic mass is 10.1. The van der Waals surface area contributed by atoms with Crippen molar-refractivity contribution in [2.24, 2.45) is 0 Å². The maximum absolute atomic E-state index is 12.2. The molecule has 5 nitrogen and oxygen atoms in total. The van der Waals surface area contributed by atoms with Gasteiger partial charge in [0.1, 0.15) is 5.75 Å². The number of pyridine rings is 1. The Morgan fingerprint density at radius 2 is 1.86 bits per heavy atom. The first-order chi connectivity index (χ1) is 13.5. The Bertz CT molecular complexity index is 1010. The lowest BCUT2D eigenvalue weighted by molar-refractivity contribution is -0.121. The summed E-state index contributed by atoms with van der Waals surface area (Å²) in [6.07, 6.45) is 2.51. The molecule has 0 spiro atoms. The normalized spacial score (nSPS) is 10.8. The molecule has 0 aliphatic carbocycles. The highest BCUT2D eigenvalue weighted by Gasteiger charge is 2.07. The Labute approximate surface area is 164 Å². The van der Waals surface area contributed by atoms with Gasteiger partial charge in [-0.1, -0.05) is 24.3 Å². The lowest BCUT2D eigenvalue weighted by Gasteiger charge is -2.07. The average molecular weight is 378 g/mol. The van der Waals surface area contributed by atoms with Crippen molar-refractivity contribution in [3.05, 3.63) is 75.6 Å². The summed E-state index contributed by atoms with van der Waals surface area (Å²) in [5.41, 5.74) is 3.67. The van der Waals surface area contributed by atoms with Gasteiger partial charge in [0.05, 0.1) is 7.11 Å². The van der Waals surface area contributed by atoms with Gasteiger partial charge in [-0.05, 0) is 67.0 Å². The minimum atomic E-state index is -0.120. The topological polar surface area (TPSA) is 71.2 Å². The van der Waals surface area contributed by atoms with Crippen molar-refractivity contribution in [3.8, 4) is 5.75 Å². The van der Waals surface area contributed by atoms with E-state index < -0.39 is 0 Å². The van der Waals surface area contributed by atoms with E-state index in [2.05, 4.69) is 10.3 Å². The van der Waals surface area contributed by atoms with Gasteiger partial charge < -0.3 is 15.0 Å². The number of ether oxygens (including phenoxy) is 1.